The minimum absolute atomic E-state index is 0.294. The summed E-state index contributed by atoms with van der Waals surface area (Å²) in [6.07, 6.45) is 1.76. The summed E-state index contributed by atoms with van der Waals surface area (Å²) in [6, 6.07) is 19.2. The number of carbonyl (C=O) groups is 1. The number of nitrogens with zero attached hydrogens (tertiary/aromatic N) is 1. The fraction of sp³-hybridized carbons (Fsp3) is 0.0870. The number of anilines is 1. The van der Waals surface area contributed by atoms with Crippen molar-refractivity contribution < 1.29 is 14.5 Å². The third-order valence-corrected chi connectivity index (χ3v) is 5.73. The lowest BCUT2D eigenvalue weighted by atomic mass is 9.91. The molecule has 0 saturated heterocycles. The average Bonchev–Trinajstić information content (AvgIpc) is 3.17. The van der Waals surface area contributed by atoms with Crippen LogP contribution in [0.4, 0.5) is 5.69 Å². The molecule has 1 atom stereocenters. The Hall–Kier alpha value is -3.65. The number of aromatic amines is 1. The van der Waals surface area contributed by atoms with E-state index in [0.29, 0.717) is 21.5 Å². The monoisotopic (exact) mass is 479 g/mol. The van der Waals surface area contributed by atoms with Gasteiger partial charge in [0.25, 0.3) is 0 Å². The van der Waals surface area contributed by atoms with Gasteiger partial charge in [0.15, 0.2) is 0 Å². The van der Waals surface area contributed by atoms with E-state index in [1.807, 2.05) is 6.07 Å². The van der Waals surface area contributed by atoms with Crippen LogP contribution in [-0.2, 0) is 0 Å². The Bertz CT molecular complexity index is 1270. The minimum atomic E-state index is -0.513. The van der Waals surface area contributed by atoms with Gasteiger partial charge in [-0.3, -0.25) is 10.1 Å². The van der Waals surface area contributed by atoms with E-state index in [1.54, 1.807) is 66.9 Å². The number of hydrogen-bond donors (Lipinski definition) is 2. The Balaban J connectivity index is 1.73. The smallest absolute Gasteiger partial charge is 0.343 e. The minimum Gasteiger partial charge on any atom is -0.423 e. The molecular weight excluding hydrogens is 462 g/mol. The van der Waals surface area contributed by atoms with Gasteiger partial charge in [-0.2, -0.15) is 0 Å². The lowest BCUT2D eigenvalue weighted by Gasteiger charge is -2.14. The van der Waals surface area contributed by atoms with Gasteiger partial charge < -0.3 is 15.5 Å². The molecular formula is C23H18BrN3O4. The van der Waals surface area contributed by atoms with Crippen LogP contribution in [0.5, 0.6) is 5.75 Å². The highest BCUT2D eigenvalue weighted by Crippen LogP contribution is 2.35. The van der Waals surface area contributed by atoms with E-state index >= 15 is 0 Å². The second-order valence-electron chi connectivity index (χ2n) is 7.06. The summed E-state index contributed by atoms with van der Waals surface area (Å²) in [5.74, 6) is -0.623. The first-order valence-corrected chi connectivity index (χ1v) is 10.3. The zero-order valence-corrected chi connectivity index (χ0v) is 17.8. The molecule has 0 spiro atoms. The van der Waals surface area contributed by atoms with E-state index in [-0.39, 0.29) is 11.5 Å². The van der Waals surface area contributed by atoms with Crippen molar-refractivity contribution in [2.75, 3.05) is 12.3 Å². The Morgan fingerprint density at radius 1 is 1.13 bits per heavy atom. The van der Waals surface area contributed by atoms with Crippen LogP contribution in [0.1, 0.15) is 27.4 Å². The van der Waals surface area contributed by atoms with Gasteiger partial charge in [0, 0.05) is 32.2 Å². The highest BCUT2D eigenvalue weighted by atomic mass is 79.9. The maximum atomic E-state index is 12.4. The van der Waals surface area contributed by atoms with Gasteiger partial charge in [0.05, 0.1) is 11.5 Å². The summed E-state index contributed by atoms with van der Waals surface area (Å²) in [6.45, 7) is -0.294. The number of carbonyl (C=O) groups excluding carboxylic acids is 1. The van der Waals surface area contributed by atoms with Crippen molar-refractivity contribution in [3.05, 3.63) is 104 Å². The second kappa shape index (κ2) is 8.61. The number of ether oxygens (including phenoxy) is 1. The highest BCUT2D eigenvalue weighted by molar-refractivity contribution is 9.10. The summed E-state index contributed by atoms with van der Waals surface area (Å²) >= 11 is 3.39. The number of rotatable bonds is 6. The molecule has 0 aliphatic heterocycles. The number of halogens is 1. The Kier molecular flexibility index (Phi) is 5.73. The number of nitrogens with two attached hydrogens (primary N) is 1. The standard InChI is InChI=1S/C23H18BrN3O4/c24-20-10-15(6-8-21(20)25)19(13-27(29)30)18-12-26-22-9-7-16(11-17(18)22)31-23(28)14-4-2-1-3-5-14/h1-12,19,26H,13,25H2. The Morgan fingerprint density at radius 3 is 2.61 bits per heavy atom. The third kappa shape index (κ3) is 4.44. The molecule has 4 aromatic rings. The van der Waals surface area contributed by atoms with Crippen LogP contribution in [-0.4, -0.2) is 22.4 Å². The van der Waals surface area contributed by atoms with Gasteiger partial charge in [-0.1, -0.05) is 24.3 Å². The van der Waals surface area contributed by atoms with Crippen molar-refractivity contribution in [2.45, 2.75) is 5.92 Å². The zero-order chi connectivity index (χ0) is 22.0. The molecule has 0 aliphatic rings. The molecule has 0 amide bonds. The summed E-state index contributed by atoms with van der Waals surface area (Å²) in [4.78, 5) is 26.6. The van der Waals surface area contributed by atoms with Crippen LogP contribution in [0.3, 0.4) is 0 Å². The summed E-state index contributed by atoms with van der Waals surface area (Å²) < 4.78 is 6.20. The van der Waals surface area contributed by atoms with Crippen molar-refractivity contribution in [1.29, 1.82) is 0 Å². The van der Waals surface area contributed by atoms with Gasteiger partial charge in [-0.15, -0.1) is 0 Å². The molecule has 7 nitrogen and oxygen atoms in total. The quantitative estimate of drug-likeness (QED) is 0.131. The van der Waals surface area contributed by atoms with Gasteiger partial charge >= 0.3 is 5.97 Å². The molecule has 1 unspecified atom stereocenters. The van der Waals surface area contributed by atoms with Gasteiger partial charge in [-0.05, 0) is 69.5 Å². The van der Waals surface area contributed by atoms with Crippen LogP contribution in [0.25, 0.3) is 10.9 Å². The van der Waals surface area contributed by atoms with Gasteiger partial charge in [-0.25, -0.2) is 4.79 Å². The molecule has 3 aromatic carbocycles. The Labute approximate surface area is 186 Å². The number of fused-ring (bicyclic) bond motifs is 1. The van der Waals surface area contributed by atoms with E-state index in [4.69, 9.17) is 10.5 Å². The van der Waals surface area contributed by atoms with Gasteiger partial charge in [0.1, 0.15) is 5.75 Å². The normalized spacial score (nSPS) is 11.9. The lowest BCUT2D eigenvalue weighted by molar-refractivity contribution is -0.481. The van der Waals surface area contributed by atoms with Crippen molar-refractivity contribution in [1.82, 2.24) is 4.98 Å². The maximum absolute atomic E-state index is 12.4. The number of nitro groups is 1. The van der Waals surface area contributed by atoms with Crippen LogP contribution in [0, 0.1) is 10.1 Å². The number of nitrogens with one attached hydrogen (secondary N) is 1. The van der Waals surface area contributed by atoms with Gasteiger partial charge in [0.2, 0.25) is 6.54 Å². The predicted octanol–water partition coefficient (Wildman–Crippen LogP) is 5.14. The molecule has 3 N–H and O–H groups in total. The first-order chi connectivity index (χ1) is 14.9. The number of aromatic nitrogens is 1. The average molecular weight is 480 g/mol. The molecule has 0 saturated carbocycles. The molecule has 0 fully saturated rings. The first kappa shape index (κ1) is 20.6. The summed E-state index contributed by atoms with van der Waals surface area (Å²) in [5.41, 5.74) is 9.15. The molecule has 156 valence electrons. The number of H-pyrrole nitrogens is 1. The fourth-order valence-corrected chi connectivity index (χ4v) is 3.90. The molecule has 4 rings (SSSR count). The maximum Gasteiger partial charge on any atom is 0.343 e. The van der Waals surface area contributed by atoms with E-state index in [1.165, 1.54) is 0 Å². The first-order valence-electron chi connectivity index (χ1n) is 9.47. The number of hydrogen-bond acceptors (Lipinski definition) is 5. The van der Waals surface area contributed by atoms with E-state index in [2.05, 4.69) is 20.9 Å². The molecule has 31 heavy (non-hydrogen) atoms. The van der Waals surface area contributed by atoms with Crippen LogP contribution in [0.2, 0.25) is 0 Å². The summed E-state index contributed by atoms with van der Waals surface area (Å²) in [7, 11) is 0. The van der Waals surface area contributed by atoms with E-state index in [0.717, 1.165) is 22.0 Å². The molecule has 1 aromatic heterocycles. The van der Waals surface area contributed by atoms with Crippen LogP contribution >= 0.6 is 15.9 Å². The topological polar surface area (TPSA) is 111 Å². The number of nitrogen functional groups attached to an aromatic ring is 1. The van der Waals surface area contributed by atoms with E-state index in [9.17, 15) is 14.9 Å². The SMILES string of the molecule is Nc1ccc(C(C[N+](=O)[O-])c2c[nH]c3ccc(OC(=O)c4ccccc4)cc23)cc1Br. The third-order valence-electron chi connectivity index (χ3n) is 5.04. The molecule has 0 radical (unpaired) electrons. The Morgan fingerprint density at radius 2 is 1.90 bits per heavy atom. The molecule has 8 heteroatoms. The van der Waals surface area contributed by atoms with Crippen molar-refractivity contribution in [2.24, 2.45) is 0 Å². The summed E-state index contributed by atoms with van der Waals surface area (Å²) in [5, 5.41) is 12.2. The number of benzene rings is 3. The van der Waals surface area contributed by atoms with Crippen molar-refractivity contribution >= 4 is 38.5 Å². The zero-order valence-electron chi connectivity index (χ0n) is 16.2. The van der Waals surface area contributed by atoms with Crippen LogP contribution < -0.4 is 10.5 Å². The van der Waals surface area contributed by atoms with Crippen molar-refractivity contribution in [3.8, 4) is 5.75 Å². The van der Waals surface area contributed by atoms with Crippen molar-refractivity contribution in [3.63, 3.8) is 0 Å². The lowest BCUT2D eigenvalue weighted by Crippen LogP contribution is -2.14. The largest absolute Gasteiger partial charge is 0.423 e. The van der Waals surface area contributed by atoms with E-state index < -0.39 is 11.9 Å². The predicted molar refractivity (Wildman–Crippen MR) is 122 cm³/mol. The van der Waals surface area contributed by atoms with Crippen LogP contribution in [0.15, 0.2) is 77.4 Å². The molecule has 0 aliphatic carbocycles. The highest BCUT2D eigenvalue weighted by Gasteiger charge is 2.24. The molecule has 0 bridgehead atoms. The second-order valence-corrected chi connectivity index (χ2v) is 7.91. The number of esters is 1. The molecule has 1 heterocycles. The fourth-order valence-electron chi connectivity index (χ4n) is 3.51.